The predicted octanol–water partition coefficient (Wildman–Crippen LogP) is 3.99. The normalized spacial score (nSPS) is 19.0. The molecular formula is C20H28F3IN4OS. The third-order valence-corrected chi connectivity index (χ3v) is 6.09. The zero-order valence-corrected chi connectivity index (χ0v) is 19.9. The van der Waals surface area contributed by atoms with E-state index >= 15 is 0 Å². The number of rotatable bonds is 7. The summed E-state index contributed by atoms with van der Waals surface area (Å²) < 4.78 is 38.7. The van der Waals surface area contributed by atoms with Crippen molar-refractivity contribution in [3.63, 3.8) is 0 Å². The highest BCUT2D eigenvalue weighted by Crippen LogP contribution is 2.29. The molecule has 2 heterocycles. The molecule has 1 aliphatic rings. The molecule has 0 amide bonds. The van der Waals surface area contributed by atoms with Crippen molar-refractivity contribution >= 4 is 51.4 Å². The Labute approximate surface area is 195 Å². The van der Waals surface area contributed by atoms with E-state index in [1.54, 1.807) is 11.3 Å². The van der Waals surface area contributed by atoms with Gasteiger partial charge in [0.1, 0.15) is 6.10 Å². The van der Waals surface area contributed by atoms with E-state index in [-0.39, 0.29) is 36.4 Å². The number of nitrogens with one attached hydrogen (secondary N) is 2. The molecule has 2 aromatic rings. The van der Waals surface area contributed by atoms with Crippen LogP contribution in [0.4, 0.5) is 13.2 Å². The van der Waals surface area contributed by atoms with Gasteiger partial charge in [-0.1, -0.05) is 18.2 Å². The van der Waals surface area contributed by atoms with E-state index in [4.69, 9.17) is 0 Å². The van der Waals surface area contributed by atoms with Crippen LogP contribution in [0.3, 0.4) is 0 Å². The minimum Gasteiger partial charge on any atom is -0.386 e. The van der Waals surface area contributed by atoms with Gasteiger partial charge in [0.2, 0.25) is 0 Å². The van der Waals surface area contributed by atoms with E-state index in [2.05, 4.69) is 15.6 Å². The first-order chi connectivity index (χ1) is 13.8. The summed E-state index contributed by atoms with van der Waals surface area (Å²) in [4.78, 5) is 6.77. The lowest BCUT2D eigenvalue weighted by Gasteiger charge is -2.19. The van der Waals surface area contributed by atoms with Gasteiger partial charge in [-0.2, -0.15) is 13.2 Å². The van der Waals surface area contributed by atoms with Gasteiger partial charge in [0, 0.05) is 29.2 Å². The molecule has 5 nitrogen and oxygen atoms in total. The third kappa shape index (κ3) is 7.54. The Kier molecular flexibility index (Phi) is 9.64. The number of nitrogens with zero attached hydrogens (tertiary/aromatic N) is 2. The second-order valence-electron chi connectivity index (χ2n) is 7.31. The first kappa shape index (κ1) is 25.2. The van der Waals surface area contributed by atoms with Gasteiger partial charge in [0.15, 0.2) is 5.96 Å². The molecule has 3 rings (SSSR count). The van der Waals surface area contributed by atoms with Crippen LogP contribution in [-0.2, 0) is 0 Å². The first-order valence-electron chi connectivity index (χ1n) is 9.82. The molecule has 1 aliphatic heterocycles. The van der Waals surface area contributed by atoms with Crippen LogP contribution >= 0.6 is 35.3 Å². The molecule has 168 valence electrons. The maximum Gasteiger partial charge on any atom is 0.401 e. The Balaban J connectivity index is 0.00000320. The number of benzene rings is 1. The molecule has 1 aromatic heterocycles. The highest BCUT2D eigenvalue weighted by Gasteiger charge is 2.34. The van der Waals surface area contributed by atoms with Crippen molar-refractivity contribution in [2.24, 2.45) is 10.9 Å². The minimum absolute atomic E-state index is 0. The Bertz CT molecular complexity index is 797. The SMILES string of the molecule is CCNC(=NCC(O)c1cc2ccccc2s1)NCC1CCN(CC(F)(F)F)C1.I. The van der Waals surface area contributed by atoms with Crippen LogP contribution in [0.2, 0.25) is 0 Å². The molecule has 0 bridgehead atoms. The predicted molar refractivity (Wildman–Crippen MR) is 127 cm³/mol. The zero-order chi connectivity index (χ0) is 20.9. The van der Waals surface area contributed by atoms with Gasteiger partial charge in [-0.3, -0.25) is 9.89 Å². The molecule has 0 aliphatic carbocycles. The van der Waals surface area contributed by atoms with Crippen molar-refractivity contribution in [3.8, 4) is 0 Å². The standard InChI is InChI=1S/C20H27F3N4OS.HI/c1-2-24-19(25-10-14-7-8-27(12-14)13-20(21,22)23)26-11-16(28)18-9-15-5-3-4-6-17(15)29-18;/h3-6,9,14,16,28H,2,7-8,10-13H2,1H3,(H2,24,25,26);1H. The fourth-order valence-corrected chi connectivity index (χ4v) is 4.54. The van der Waals surface area contributed by atoms with E-state index in [9.17, 15) is 18.3 Å². The summed E-state index contributed by atoms with van der Waals surface area (Å²) in [6, 6.07) is 9.96. The highest BCUT2D eigenvalue weighted by atomic mass is 127. The second-order valence-corrected chi connectivity index (χ2v) is 8.42. The van der Waals surface area contributed by atoms with Crippen LogP contribution in [-0.4, -0.2) is 61.4 Å². The number of fused-ring (bicyclic) bond motifs is 1. The van der Waals surface area contributed by atoms with Gasteiger partial charge >= 0.3 is 6.18 Å². The third-order valence-electron chi connectivity index (χ3n) is 4.87. The minimum atomic E-state index is -4.15. The van der Waals surface area contributed by atoms with Crippen LogP contribution in [0, 0.1) is 5.92 Å². The molecule has 10 heteroatoms. The lowest BCUT2D eigenvalue weighted by molar-refractivity contribution is -0.143. The average molecular weight is 556 g/mol. The molecule has 2 atom stereocenters. The van der Waals surface area contributed by atoms with Crippen LogP contribution in [0.25, 0.3) is 10.1 Å². The molecule has 2 unspecified atom stereocenters. The number of aliphatic hydroxyl groups excluding tert-OH is 1. The summed E-state index contributed by atoms with van der Waals surface area (Å²) in [6.07, 6.45) is -4.12. The lowest BCUT2D eigenvalue weighted by atomic mass is 10.1. The number of thiophene rings is 1. The molecule has 3 N–H and O–H groups in total. The molecule has 1 fully saturated rings. The van der Waals surface area contributed by atoms with Gasteiger partial charge < -0.3 is 15.7 Å². The summed E-state index contributed by atoms with van der Waals surface area (Å²) >= 11 is 1.55. The monoisotopic (exact) mass is 556 g/mol. The fourth-order valence-electron chi connectivity index (χ4n) is 3.49. The Morgan fingerprint density at radius 3 is 2.80 bits per heavy atom. The first-order valence-corrected chi connectivity index (χ1v) is 10.6. The van der Waals surface area contributed by atoms with Gasteiger partial charge in [-0.05, 0) is 43.3 Å². The molecule has 1 aromatic carbocycles. The number of hydrogen-bond donors (Lipinski definition) is 3. The van der Waals surface area contributed by atoms with E-state index in [0.29, 0.717) is 32.1 Å². The molecular weight excluding hydrogens is 528 g/mol. The maximum atomic E-state index is 12.5. The lowest BCUT2D eigenvalue weighted by Crippen LogP contribution is -2.41. The van der Waals surface area contributed by atoms with Crippen molar-refractivity contribution in [2.75, 3.05) is 39.3 Å². The number of guanidine groups is 1. The van der Waals surface area contributed by atoms with Gasteiger partial charge in [0.05, 0.1) is 13.1 Å². The summed E-state index contributed by atoms with van der Waals surface area (Å²) in [6.45, 7) is 3.42. The second kappa shape index (κ2) is 11.5. The Morgan fingerprint density at radius 1 is 1.33 bits per heavy atom. The van der Waals surface area contributed by atoms with Crippen molar-refractivity contribution in [3.05, 3.63) is 35.2 Å². The van der Waals surface area contributed by atoms with Crippen LogP contribution in [0.15, 0.2) is 35.3 Å². The van der Waals surface area contributed by atoms with Crippen LogP contribution in [0.1, 0.15) is 24.3 Å². The summed E-state index contributed by atoms with van der Waals surface area (Å²) in [5, 5.41) is 17.9. The molecule has 0 saturated carbocycles. The van der Waals surface area contributed by atoms with Crippen LogP contribution in [0.5, 0.6) is 0 Å². The van der Waals surface area contributed by atoms with Crippen molar-refractivity contribution in [2.45, 2.75) is 25.6 Å². The number of likely N-dealkylation sites (tertiary alicyclic amines) is 1. The van der Waals surface area contributed by atoms with Crippen molar-refractivity contribution < 1.29 is 18.3 Å². The summed E-state index contributed by atoms with van der Waals surface area (Å²) in [5.74, 6) is 0.718. The van der Waals surface area contributed by atoms with Crippen molar-refractivity contribution in [1.82, 2.24) is 15.5 Å². The molecule has 30 heavy (non-hydrogen) atoms. The van der Waals surface area contributed by atoms with Gasteiger partial charge in [-0.25, -0.2) is 0 Å². The van der Waals surface area contributed by atoms with E-state index in [0.717, 1.165) is 21.4 Å². The summed E-state index contributed by atoms with van der Waals surface area (Å²) in [5.41, 5.74) is 0. The maximum absolute atomic E-state index is 12.5. The van der Waals surface area contributed by atoms with Crippen LogP contribution < -0.4 is 10.6 Å². The molecule has 0 spiro atoms. The number of aliphatic hydroxyl groups is 1. The largest absolute Gasteiger partial charge is 0.401 e. The molecule has 0 radical (unpaired) electrons. The number of halogens is 4. The quantitative estimate of drug-likeness (QED) is 0.274. The average Bonchev–Trinajstić information content (AvgIpc) is 3.29. The van der Waals surface area contributed by atoms with Gasteiger partial charge in [0.25, 0.3) is 0 Å². The fraction of sp³-hybridized carbons (Fsp3) is 0.550. The Morgan fingerprint density at radius 2 is 2.10 bits per heavy atom. The van der Waals surface area contributed by atoms with E-state index in [1.807, 2.05) is 37.3 Å². The highest BCUT2D eigenvalue weighted by molar-refractivity contribution is 14.0. The van der Waals surface area contributed by atoms with E-state index < -0.39 is 18.8 Å². The number of aliphatic imine (C=N–C) groups is 1. The smallest absolute Gasteiger partial charge is 0.386 e. The number of alkyl halides is 3. The van der Waals surface area contributed by atoms with E-state index in [1.165, 1.54) is 4.90 Å². The molecule has 1 saturated heterocycles. The number of hydrogen-bond acceptors (Lipinski definition) is 4. The topological polar surface area (TPSA) is 59.9 Å². The Hall–Kier alpha value is -1.11. The van der Waals surface area contributed by atoms with Crippen molar-refractivity contribution in [1.29, 1.82) is 0 Å². The summed E-state index contributed by atoms with van der Waals surface area (Å²) in [7, 11) is 0. The van der Waals surface area contributed by atoms with Gasteiger partial charge in [-0.15, -0.1) is 35.3 Å². The zero-order valence-electron chi connectivity index (χ0n) is 16.8.